The fraction of sp³-hybridized carbons (Fsp3) is 0.0909. The van der Waals surface area contributed by atoms with Gasteiger partial charge in [0.25, 0.3) is 10.0 Å². The summed E-state index contributed by atoms with van der Waals surface area (Å²) < 4.78 is 26.7. The molecule has 1 heterocycles. The molecule has 0 saturated carbocycles. The molecule has 19 heavy (non-hydrogen) atoms. The van der Waals surface area contributed by atoms with Crippen LogP contribution in [0.3, 0.4) is 0 Å². The first-order valence-electron chi connectivity index (χ1n) is 5.26. The molecule has 1 aromatic carbocycles. The topological polar surface area (TPSA) is 125 Å². The molecular weight excluding hydrogens is 266 g/mol. The van der Waals surface area contributed by atoms with E-state index in [-0.39, 0.29) is 16.4 Å². The van der Waals surface area contributed by atoms with Crippen LogP contribution in [-0.4, -0.2) is 18.6 Å². The monoisotopic (exact) mass is 277 g/mol. The lowest BCUT2D eigenvalue weighted by molar-refractivity contribution is 0.600. The first-order chi connectivity index (χ1) is 8.94. The van der Waals surface area contributed by atoms with Crippen LogP contribution in [0.5, 0.6) is 0 Å². The molecule has 98 valence electrons. The lowest BCUT2D eigenvalue weighted by Crippen LogP contribution is -2.15. The van der Waals surface area contributed by atoms with Crippen molar-refractivity contribution in [2.45, 2.75) is 11.8 Å². The van der Waals surface area contributed by atoms with E-state index in [0.717, 1.165) is 0 Å². The number of nitrogens with one attached hydrogen (secondary N) is 2. The number of rotatable bonds is 3. The van der Waals surface area contributed by atoms with E-state index in [1.165, 1.54) is 24.4 Å². The van der Waals surface area contributed by atoms with Crippen molar-refractivity contribution in [3.05, 3.63) is 35.5 Å². The number of nitriles is 1. The number of aryl methyl sites for hydroxylation is 1. The minimum atomic E-state index is -3.77. The quantitative estimate of drug-likeness (QED) is 0.771. The van der Waals surface area contributed by atoms with Crippen molar-refractivity contribution >= 4 is 21.5 Å². The second-order valence-electron chi connectivity index (χ2n) is 3.90. The molecule has 2 rings (SSSR count). The van der Waals surface area contributed by atoms with Crippen molar-refractivity contribution in [2.75, 3.05) is 10.5 Å². The van der Waals surface area contributed by atoms with E-state index < -0.39 is 10.0 Å². The van der Waals surface area contributed by atoms with Gasteiger partial charge in [0.15, 0.2) is 5.82 Å². The zero-order valence-electron chi connectivity index (χ0n) is 10.0. The Morgan fingerprint density at radius 1 is 1.47 bits per heavy atom. The number of sulfonamides is 1. The molecule has 0 radical (unpaired) electrons. The van der Waals surface area contributed by atoms with Crippen LogP contribution in [0.25, 0.3) is 0 Å². The van der Waals surface area contributed by atoms with Gasteiger partial charge in [-0.1, -0.05) is 0 Å². The molecule has 0 bridgehead atoms. The zero-order chi connectivity index (χ0) is 14.0. The van der Waals surface area contributed by atoms with Crippen LogP contribution in [0.15, 0.2) is 29.3 Å². The summed E-state index contributed by atoms with van der Waals surface area (Å²) in [6.07, 6.45) is 1.31. The number of nitrogen functional groups attached to an aromatic ring is 1. The molecule has 0 unspecified atom stereocenters. The average molecular weight is 277 g/mol. The highest BCUT2D eigenvalue weighted by atomic mass is 32.2. The van der Waals surface area contributed by atoms with E-state index >= 15 is 0 Å². The maximum absolute atomic E-state index is 12.2. The average Bonchev–Trinajstić information content (AvgIpc) is 2.73. The summed E-state index contributed by atoms with van der Waals surface area (Å²) in [6, 6.07) is 6.27. The smallest absolute Gasteiger partial charge is 0.263 e. The molecule has 0 atom stereocenters. The van der Waals surface area contributed by atoms with Gasteiger partial charge in [-0.2, -0.15) is 10.4 Å². The van der Waals surface area contributed by atoms with Gasteiger partial charge in [-0.3, -0.25) is 9.82 Å². The van der Waals surface area contributed by atoms with E-state index in [1.807, 2.05) is 6.07 Å². The van der Waals surface area contributed by atoms with Gasteiger partial charge in [-0.15, -0.1) is 0 Å². The SMILES string of the molecule is Cc1cc(C#N)ccc1S(=O)(=O)Nc1[nH]ncc1N. The minimum absolute atomic E-state index is 0.0838. The van der Waals surface area contributed by atoms with Crippen molar-refractivity contribution in [3.63, 3.8) is 0 Å². The summed E-state index contributed by atoms with van der Waals surface area (Å²) in [7, 11) is -3.77. The Labute approximate surface area is 110 Å². The first kappa shape index (κ1) is 12.9. The molecule has 0 spiro atoms. The number of aromatic nitrogens is 2. The number of aromatic amines is 1. The summed E-state index contributed by atoms with van der Waals surface area (Å²) in [5.41, 5.74) is 6.63. The predicted octanol–water partition coefficient (Wildman–Crippen LogP) is 0.973. The van der Waals surface area contributed by atoms with Gasteiger partial charge in [-0.25, -0.2) is 8.42 Å². The van der Waals surface area contributed by atoms with Gasteiger partial charge in [-0.05, 0) is 30.7 Å². The Morgan fingerprint density at radius 3 is 2.74 bits per heavy atom. The highest BCUT2D eigenvalue weighted by Crippen LogP contribution is 2.21. The summed E-state index contributed by atoms with van der Waals surface area (Å²) in [4.78, 5) is 0.0838. The van der Waals surface area contributed by atoms with Crippen molar-refractivity contribution in [2.24, 2.45) is 0 Å². The number of benzene rings is 1. The van der Waals surface area contributed by atoms with E-state index in [2.05, 4.69) is 14.9 Å². The molecule has 2 aromatic rings. The molecule has 1 aromatic heterocycles. The highest BCUT2D eigenvalue weighted by Gasteiger charge is 2.19. The largest absolute Gasteiger partial charge is 0.394 e. The van der Waals surface area contributed by atoms with E-state index in [1.54, 1.807) is 6.92 Å². The summed E-state index contributed by atoms with van der Waals surface area (Å²) in [5.74, 6) is 0.115. The number of hydrogen-bond donors (Lipinski definition) is 3. The van der Waals surface area contributed by atoms with Crippen molar-refractivity contribution in [1.29, 1.82) is 5.26 Å². The number of nitrogens with two attached hydrogens (primary N) is 1. The fourth-order valence-electron chi connectivity index (χ4n) is 1.59. The molecule has 8 heteroatoms. The molecule has 0 fully saturated rings. The van der Waals surface area contributed by atoms with Gasteiger partial charge in [0.2, 0.25) is 0 Å². The van der Waals surface area contributed by atoms with Crippen LogP contribution in [-0.2, 0) is 10.0 Å². The van der Waals surface area contributed by atoms with Crippen LogP contribution in [0.1, 0.15) is 11.1 Å². The fourth-order valence-corrected chi connectivity index (χ4v) is 2.86. The third-order valence-corrected chi connectivity index (χ3v) is 4.01. The van der Waals surface area contributed by atoms with E-state index in [0.29, 0.717) is 11.1 Å². The molecule has 0 aliphatic rings. The lowest BCUT2D eigenvalue weighted by atomic mass is 10.2. The number of nitrogens with zero attached hydrogens (tertiary/aromatic N) is 2. The molecule has 4 N–H and O–H groups in total. The molecule has 7 nitrogen and oxygen atoms in total. The third-order valence-electron chi connectivity index (χ3n) is 2.50. The normalized spacial score (nSPS) is 10.9. The van der Waals surface area contributed by atoms with Crippen molar-refractivity contribution < 1.29 is 8.42 Å². The molecule has 0 aliphatic carbocycles. The van der Waals surface area contributed by atoms with Crippen LogP contribution in [0.4, 0.5) is 11.5 Å². The van der Waals surface area contributed by atoms with Crippen LogP contribution < -0.4 is 10.5 Å². The Balaban J connectivity index is 2.41. The summed E-state index contributed by atoms with van der Waals surface area (Å²) >= 11 is 0. The maximum Gasteiger partial charge on any atom is 0.263 e. The van der Waals surface area contributed by atoms with Gasteiger partial charge in [0.1, 0.15) is 0 Å². The third kappa shape index (κ3) is 2.51. The standard InChI is InChI=1S/C11H11N5O2S/c1-7-4-8(5-12)2-3-10(7)19(17,18)16-11-9(13)6-14-15-11/h2-4,6H,13H2,1H3,(H2,14,15,16). The first-order valence-corrected chi connectivity index (χ1v) is 6.75. The number of hydrogen-bond acceptors (Lipinski definition) is 5. The van der Waals surface area contributed by atoms with Crippen molar-refractivity contribution in [3.8, 4) is 6.07 Å². The Kier molecular flexibility index (Phi) is 3.14. The molecule has 0 aliphatic heterocycles. The maximum atomic E-state index is 12.2. The summed E-state index contributed by atoms with van der Waals surface area (Å²) in [5, 5.41) is 14.8. The summed E-state index contributed by atoms with van der Waals surface area (Å²) in [6.45, 7) is 1.62. The second-order valence-corrected chi connectivity index (χ2v) is 5.55. The van der Waals surface area contributed by atoms with Crippen molar-refractivity contribution in [1.82, 2.24) is 10.2 Å². The predicted molar refractivity (Wildman–Crippen MR) is 69.7 cm³/mol. The van der Waals surface area contributed by atoms with Crippen LogP contribution >= 0.6 is 0 Å². The zero-order valence-corrected chi connectivity index (χ0v) is 10.8. The van der Waals surface area contributed by atoms with Crippen LogP contribution in [0, 0.1) is 18.3 Å². The van der Waals surface area contributed by atoms with E-state index in [9.17, 15) is 8.42 Å². The Hall–Kier alpha value is -2.53. The van der Waals surface area contributed by atoms with Gasteiger partial charge in [0, 0.05) is 0 Å². The molecular formula is C11H11N5O2S. The van der Waals surface area contributed by atoms with Gasteiger partial charge >= 0.3 is 0 Å². The number of H-pyrrole nitrogens is 1. The van der Waals surface area contributed by atoms with Gasteiger partial charge < -0.3 is 5.73 Å². The Bertz CT molecular complexity index is 758. The molecule has 0 amide bonds. The highest BCUT2D eigenvalue weighted by molar-refractivity contribution is 7.92. The lowest BCUT2D eigenvalue weighted by Gasteiger charge is -2.09. The van der Waals surface area contributed by atoms with Crippen LogP contribution in [0.2, 0.25) is 0 Å². The van der Waals surface area contributed by atoms with Gasteiger partial charge in [0.05, 0.1) is 28.4 Å². The Morgan fingerprint density at radius 2 is 2.21 bits per heavy atom. The minimum Gasteiger partial charge on any atom is -0.394 e. The second kappa shape index (κ2) is 4.62. The molecule has 0 saturated heterocycles. The van der Waals surface area contributed by atoms with E-state index in [4.69, 9.17) is 11.0 Å². The number of anilines is 2.